The number of rotatable bonds is 8. The average molecular weight is 264 g/mol. The fourth-order valence-electron chi connectivity index (χ4n) is 2.57. The van der Waals surface area contributed by atoms with Crippen molar-refractivity contribution >= 4 is 0 Å². The maximum atomic E-state index is 4.59. The van der Waals surface area contributed by atoms with E-state index in [2.05, 4.69) is 47.8 Å². The van der Waals surface area contributed by atoms with Gasteiger partial charge in [0.05, 0.1) is 5.69 Å². The number of hydrogen-bond donors (Lipinski definition) is 1. The lowest BCUT2D eigenvalue weighted by molar-refractivity contribution is 0.334. The minimum absolute atomic E-state index is 0.820. The van der Waals surface area contributed by atoms with E-state index in [-0.39, 0.29) is 0 Å². The molecule has 0 amide bonds. The van der Waals surface area contributed by atoms with Gasteiger partial charge in [0.15, 0.2) is 0 Å². The minimum Gasteiger partial charge on any atom is -0.313 e. The molecule has 1 saturated carbocycles. The smallest absolute Gasteiger partial charge is 0.0628 e. The standard InChI is InChI=1S/C15H28N4/c1-5-19-13(3)15(12(2)17-19)8-10-18(4)11-9-16-14-6-7-14/h14,16H,5-11H2,1-4H3. The molecule has 0 atom stereocenters. The van der Waals surface area contributed by atoms with E-state index in [1.165, 1.54) is 29.8 Å². The SMILES string of the molecule is CCn1nc(C)c(CCN(C)CCNC2CC2)c1C. The van der Waals surface area contributed by atoms with Crippen LogP contribution < -0.4 is 5.32 Å². The van der Waals surface area contributed by atoms with Crippen LogP contribution in [0.25, 0.3) is 0 Å². The molecule has 0 bridgehead atoms. The van der Waals surface area contributed by atoms with Gasteiger partial charge in [-0.2, -0.15) is 5.10 Å². The van der Waals surface area contributed by atoms with Gasteiger partial charge in [0.1, 0.15) is 0 Å². The zero-order valence-electron chi connectivity index (χ0n) is 12.9. The van der Waals surface area contributed by atoms with E-state index in [1.807, 2.05) is 0 Å². The molecule has 1 N–H and O–H groups in total. The van der Waals surface area contributed by atoms with E-state index in [0.29, 0.717) is 0 Å². The number of likely N-dealkylation sites (N-methyl/N-ethyl adjacent to an activating group) is 1. The van der Waals surface area contributed by atoms with Crippen LogP contribution >= 0.6 is 0 Å². The summed E-state index contributed by atoms with van der Waals surface area (Å²) in [6.45, 7) is 10.8. The average Bonchev–Trinajstić information content (AvgIpc) is 3.15. The van der Waals surface area contributed by atoms with Crippen molar-refractivity contribution in [1.82, 2.24) is 20.0 Å². The molecule has 1 fully saturated rings. The molecule has 1 aromatic rings. The lowest BCUT2D eigenvalue weighted by Gasteiger charge is -2.17. The van der Waals surface area contributed by atoms with Crippen molar-refractivity contribution in [2.45, 2.75) is 52.6 Å². The quantitative estimate of drug-likeness (QED) is 0.776. The highest BCUT2D eigenvalue weighted by atomic mass is 15.3. The highest BCUT2D eigenvalue weighted by Crippen LogP contribution is 2.18. The molecule has 19 heavy (non-hydrogen) atoms. The van der Waals surface area contributed by atoms with Crippen LogP contribution in [-0.2, 0) is 13.0 Å². The van der Waals surface area contributed by atoms with Gasteiger partial charge in [-0.05, 0) is 52.6 Å². The monoisotopic (exact) mass is 264 g/mol. The maximum Gasteiger partial charge on any atom is 0.0628 e. The van der Waals surface area contributed by atoms with Crippen molar-refractivity contribution in [1.29, 1.82) is 0 Å². The molecule has 1 aliphatic rings. The number of nitrogens with zero attached hydrogens (tertiary/aromatic N) is 3. The Morgan fingerprint density at radius 2 is 2.05 bits per heavy atom. The molecule has 0 unspecified atom stereocenters. The van der Waals surface area contributed by atoms with Crippen LogP contribution in [0.4, 0.5) is 0 Å². The van der Waals surface area contributed by atoms with Crippen molar-refractivity contribution in [2.75, 3.05) is 26.7 Å². The lowest BCUT2D eigenvalue weighted by atomic mass is 10.1. The third kappa shape index (κ3) is 4.05. The zero-order valence-corrected chi connectivity index (χ0v) is 12.9. The molecule has 2 rings (SSSR count). The molecule has 108 valence electrons. The van der Waals surface area contributed by atoms with E-state index in [1.54, 1.807) is 0 Å². The van der Waals surface area contributed by atoms with Crippen molar-refractivity contribution in [3.63, 3.8) is 0 Å². The van der Waals surface area contributed by atoms with Gasteiger partial charge in [-0.1, -0.05) is 0 Å². The van der Waals surface area contributed by atoms with Gasteiger partial charge in [-0.3, -0.25) is 4.68 Å². The fraction of sp³-hybridized carbons (Fsp3) is 0.800. The Bertz CT molecular complexity index is 407. The van der Waals surface area contributed by atoms with E-state index in [0.717, 1.165) is 38.6 Å². The summed E-state index contributed by atoms with van der Waals surface area (Å²) in [5.74, 6) is 0. The highest BCUT2D eigenvalue weighted by molar-refractivity contribution is 5.24. The summed E-state index contributed by atoms with van der Waals surface area (Å²) in [4.78, 5) is 2.41. The summed E-state index contributed by atoms with van der Waals surface area (Å²) in [7, 11) is 2.21. The minimum atomic E-state index is 0.820. The Morgan fingerprint density at radius 1 is 1.32 bits per heavy atom. The van der Waals surface area contributed by atoms with Gasteiger partial charge in [0.2, 0.25) is 0 Å². The van der Waals surface area contributed by atoms with Gasteiger partial charge in [0.25, 0.3) is 0 Å². The van der Waals surface area contributed by atoms with Crippen molar-refractivity contribution in [3.05, 3.63) is 17.0 Å². The number of nitrogens with one attached hydrogen (secondary N) is 1. The molecule has 1 aromatic heterocycles. The Balaban J connectivity index is 1.75. The topological polar surface area (TPSA) is 33.1 Å². The van der Waals surface area contributed by atoms with Gasteiger partial charge < -0.3 is 10.2 Å². The molecule has 0 spiro atoms. The molecule has 0 aliphatic heterocycles. The van der Waals surface area contributed by atoms with Crippen LogP contribution in [0, 0.1) is 13.8 Å². The van der Waals surface area contributed by atoms with E-state index in [9.17, 15) is 0 Å². The van der Waals surface area contributed by atoms with Crippen LogP contribution in [0.15, 0.2) is 0 Å². The van der Waals surface area contributed by atoms with Crippen LogP contribution in [0.5, 0.6) is 0 Å². The Morgan fingerprint density at radius 3 is 2.63 bits per heavy atom. The molecule has 0 aromatic carbocycles. The second-order valence-corrected chi connectivity index (χ2v) is 5.75. The predicted octanol–water partition coefficient (Wildman–Crippen LogP) is 1.75. The largest absolute Gasteiger partial charge is 0.313 e. The van der Waals surface area contributed by atoms with E-state index < -0.39 is 0 Å². The Hall–Kier alpha value is -0.870. The first-order valence-corrected chi connectivity index (χ1v) is 7.56. The summed E-state index contributed by atoms with van der Waals surface area (Å²) in [6.07, 6.45) is 3.86. The first kappa shape index (κ1) is 14.5. The summed E-state index contributed by atoms with van der Waals surface area (Å²) in [5, 5.41) is 8.15. The molecular formula is C15H28N4. The van der Waals surface area contributed by atoms with Crippen LogP contribution in [0.1, 0.15) is 36.7 Å². The molecule has 1 heterocycles. The normalized spacial score (nSPS) is 15.4. The molecule has 0 saturated heterocycles. The lowest BCUT2D eigenvalue weighted by Crippen LogP contribution is -2.31. The third-order valence-corrected chi connectivity index (χ3v) is 4.08. The first-order chi connectivity index (χ1) is 9.11. The number of aromatic nitrogens is 2. The van der Waals surface area contributed by atoms with Gasteiger partial charge in [-0.15, -0.1) is 0 Å². The van der Waals surface area contributed by atoms with Crippen molar-refractivity contribution in [3.8, 4) is 0 Å². The van der Waals surface area contributed by atoms with E-state index in [4.69, 9.17) is 0 Å². The highest BCUT2D eigenvalue weighted by Gasteiger charge is 2.19. The predicted molar refractivity (Wildman–Crippen MR) is 79.6 cm³/mol. The fourth-order valence-corrected chi connectivity index (χ4v) is 2.57. The van der Waals surface area contributed by atoms with Crippen molar-refractivity contribution in [2.24, 2.45) is 0 Å². The summed E-state index contributed by atoms with van der Waals surface area (Å²) < 4.78 is 2.11. The van der Waals surface area contributed by atoms with Gasteiger partial charge >= 0.3 is 0 Å². The van der Waals surface area contributed by atoms with Gasteiger partial charge in [0, 0.05) is 37.9 Å². The molecule has 4 nitrogen and oxygen atoms in total. The van der Waals surface area contributed by atoms with Gasteiger partial charge in [-0.25, -0.2) is 0 Å². The number of aryl methyl sites for hydroxylation is 2. The van der Waals surface area contributed by atoms with Crippen molar-refractivity contribution < 1.29 is 0 Å². The molecule has 1 aliphatic carbocycles. The first-order valence-electron chi connectivity index (χ1n) is 7.56. The summed E-state index contributed by atoms with van der Waals surface area (Å²) in [6, 6.07) is 0.820. The maximum absolute atomic E-state index is 4.59. The summed E-state index contributed by atoms with van der Waals surface area (Å²) >= 11 is 0. The van der Waals surface area contributed by atoms with Crippen LogP contribution in [0.3, 0.4) is 0 Å². The molecule has 4 heteroatoms. The number of hydrogen-bond acceptors (Lipinski definition) is 3. The Kier molecular flexibility index (Phi) is 4.99. The van der Waals surface area contributed by atoms with E-state index >= 15 is 0 Å². The second kappa shape index (κ2) is 6.53. The third-order valence-electron chi connectivity index (χ3n) is 4.08. The molecular weight excluding hydrogens is 236 g/mol. The zero-order chi connectivity index (χ0) is 13.8. The second-order valence-electron chi connectivity index (χ2n) is 5.75. The molecule has 0 radical (unpaired) electrons. The van der Waals surface area contributed by atoms with Crippen LogP contribution in [-0.4, -0.2) is 47.4 Å². The Labute approximate surface area is 117 Å². The summed E-state index contributed by atoms with van der Waals surface area (Å²) in [5.41, 5.74) is 3.97. The van der Waals surface area contributed by atoms with Crippen LogP contribution in [0.2, 0.25) is 0 Å².